The Labute approximate surface area is 117 Å². The summed E-state index contributed by atoms with van der Waals surface area (Å²) in [6, 6.07) is 7.26. The first-order valence-corrected chi connectivity index (χ1v) is 7.64. The molecule has 0 spiro atoms. The number of hydrogen-bond donors (Lipinski definition) is 2. The van der Waals surface area contributed by atoms with Gasteiger partial charge in [-0.2, -0.15) is 0 Å². The van der Waals surface area contributed by atoms with Crippen LogP contribution in [-0.4, -0.2) is 32.2 Å². The molecule has 18 heavy (non-hydrogen) atoms. The van der Waals surface area contributed by atoms with E-state index in [0.717, 1.165) is 30.1 Å². The topological polar surface area (TPSA) is 27.3 Å². The van der Waals surface area contributed by atoms with Crippen molar-refractivity contribution >= 4 is 27.3 Å². The SMILES string of the molecule is Brc1ccc2c(c1)NCCN2CCC1CCCN1. The predicted octanol–water partition coefficient (Wildman–Crippen LogP) is 2.82. The van der Waals surface area contributed by atoms with E-state index in [-0.39, 0.29) is 0 Å². The van der Waals surface area contributed by atoms with Crippen molar-refractivity contribution in [3.63, 3.8) is 0 Å². The monoisotopic (exact) mass is 309 g/mol. The largest absolute Gasteiger partial charge is 0.382 e. The van der Waals surface area contributed by atoms with Crippen LogP contribution < -0.4 is 15.5 Å². The number of benzene rings is 1. The number of anilines is 2. The number of halogens is 1. The fourth-order valence-electron chi connectivity index (χ4n) is 2.92. The lowest BCUT2D eigenvalue weighted by atomic mass is 10.1. The van der Waals surface area contributed by atoms with Gasteiger partial charge in [0.1, 0.15) is 0 Å². The van der Waals surface area contributed by atoms with Crippen molar-refractivity contribution in [2.75, 3.05) is 36.4 Å². The van der Waals surface area contributed by atoms with Crippen LogP contribution in [0.2, 0.25) is 0 Å². The molecule has 0 bridgehead atoms. The highest BCUT2D eigenvalue weighted by Crippen LogP contribution is 2.31. The number of hydrogen-bond acceptors (Lipinski definition) is 3. The number of rotatable bonds is 3. The maximum atomic E-state index is 3.58. The Balaban J connectivity index is 1.67. The smallest absolute Gasteiger partial charge is 0.0603 e. The van der Waals surface area contributed by atoms with Gasteiger partial charge in [-0.25, -0.2) is 0 Å². The van der Waals surface area contributed by atoms with E-state index in [0.29, 0.717) is 0 Å². The first-order valence-electron chi connectivity index (χ1n) is 6.85. The molecule has 1 saturated heterocycles. The Morgan fingerprint density at radius 1 is 1.33 bits per heavy atom. The summed E-state index contributed by atoms with van der Waals surface area (Å²) in [6.45, 7) is 4.52. The van der Waals surface area contributed by atoms with E-state index in [1.165, 1.54) is 37.2 Å². The van der Waals surface area contributed by atoms with Crippen LogP contribution in [0.5, 0.6) is 0 Å². The zero-order chi connectivity index (χ0) is 12.4. The summed E-state index contributed by atoms with van der Waals surface area (Å²) in [5, 5.41) is 7.05. The number of nitrogens with one attached hydrogen (secondary N) is 2. The lowest BCUT2D eigenvalue weighted by Crippen LogP contribution is -2.37. The van der Waals surface area contributed by atoms with Crippen LogP contribution in [0.25, 0.3) is 0 Å². The van der Waals surface area contributed by atoms with Crippen molar-refractivity contribution in [1.29, 1.82) is 0 Å². The minimum atomic E-state index is 0.735. The molecule has 0 radical (unpaired) electrons. The van der Waals surface area contributed by atoms with Crippen LogP contribution in [0.3, 0.4) is 0 Å². The molecule has 3 nitrogen and oxygen atoms in total. The Kier molecular flexibility index (Phi) is 3.75. The summed E-state index contributed by atoms with van der Waals surface area (Å²) in [4.78, 5) is 2.51. The van der Waals surface area contributed by atoms with Gasteiger partial charge < -0.3 is 15.5 Å². The van der Waals surface area contributed by atoms with Gasteiger partial charge in [-0.15, -0.1) is 0 Å². The Morgan fingerprint density at radius 2 is 2.28 bits per heavy atom. The molecule has 2 heterocycles. The second-order valence-electron chi connectivity index (χ2n) is 5.16. The van der Waals surface area contributed by atoms with E-state index >= 15 is 0 Å². The van der Waals surface area contributed by atoms with E-state index in [4.69, 9.17) is 0 Å². The van der Waals surface area contributed by atoms with Gasteiger partial charge in [0, 0.05) is 30.1 Å². The summed E-state index contributed by atoms with van der Waals surface area (Å²) in [5.41, 5.74) is 2.61. The molecular formula is C14H20BrN3. The van der Waals surface area contributed by atoms with Gasteiger partial charge in [0.2, 0.25) is 0 Å². The molecule has 1 aromatic carbocycles. The van der Waals surface area contributed by atoms with E-state index in [2.05, 4.69) is 49.7 Å². The standard InChI is InChI=1S/C14H20BrN3/c15-11-3-4-14-13(10-11)17-7-9-18(14)8-5-12-2-1-6-16-12/h3-4,10,12,16-17H,1-2,5-9H2. The molecule has 0 amide bonds. The van der Waals surface area contributed by atoms with Crippen molar-refractivity contribution in [2.45, 2.75) is 25.3 Å². The Morgan fingerprint density at radius 3 is 3.11 bits per heavy atom. The normalized spacial score (nSPS) is 22.7. The molecule has 98 valence electrons. The van der Waals surface area contributed by atoms with Gasteiger partial charge in [0.15, 0.2) is 0 Å². The van der Waals surface area contributed by atoms with Crippen molar-refractivity contribution in [1.82, 2.24) is 5.32 Å². The molecule has 3 rings (SSSR count). The van der Waals surface area contributed by atoms with Crippen molar-refractivity contribution in [2.24, 2.45) is 0 Å². The average Bonchev–Trinajstić information content (AvgIpc) is 2.89. The molecule has 0 aliphatic carbocycles. The van der Waals surface area contributed by atoms with Crippen molar-refractivity contribution < 1.29 is 0 Å². The average molecular weight is 310 g/mol. The second kappa shape index (κ2) is 5.49. The Bertz CT molecular complexity index is 416. The third-order valence-electron chi connectivity index (χ3n) is 3.91. The quantitative estimate of drug-likeness (QED) is 0.899. The highest BCUT2D eigenvalue weighted by Gasteiger charge is 2.19. The van der Waals surface area contributed by atoms with Crippen LogP contribution in [0.1, 0.15) is 19.3 Å². The molecule has 2 aliphatic heterocycles. The Hall–Kier alpha value is -0.740. The summed E-state index contributed by atoms with van der Waals surface area (Å²) in [7, 11) is 0. The summed E-state index contributed by atoms with van der Waals surface area (Å²) in [6.07, 6.45) is 3.95. The zero-order valence-corrected chi connectivity index (χ0v) is 12.2. The highest BCUT2D eigenvalue weighted by atomic mass is 79.9. The molecule has 2 N–H and O–H groups in total. The van der Waals surface area contributed by atoms with Gasteiger partial charge in [-0.1, -0.05) is 15.9 Å². The lowest BCUT2D eigenvalue weighted by Gasteiger charge is -2.33. The fourth-order valence-corrected chi connectivity index (χ4v) is 3.28. The molecular weight excluding hydrogens is 290 g/mol. The second-order valence-corrected chi connectivity index (χ2v) is 6.07. The summed E-state index contributed by atoms with van der Waals surface area (Å²) >= 11 is 3.53. The molecule has 1 unspecified atom stereocenters. The van der Waals surface area contributed by atoms with Gasteiger partial charge in [0.05, 0.1) is 11.4 Å². The van der Waals surface area contributed by atoms with E-state index in [9.17, 15) is 0 Å². The molecule has 2 aliphatic rings. The van der Waals surface area contributed by atoms with E-state index in [1.807, 2.05) is 0 Å². The maximum absolute atomic E-state index is 3.58. The molecule has 0 aromatic heterocycles. The summed E-state index contributed by atoms with van der Waals surface area (Å²) in [5.74, 6) is 0. The molecule has 1 fully saturated rings. The van der Waals surface area contributed by atoms with Crippen molar-refractivity contribution in [3.05, 3.63) is 22.7 Å². The fraction of sp³-hybridized carbons (Fsp3) is 0.571. The van der Waals surface area contributed by atoms with Crippen molar-refractivity contribution in [3.8, 4) is 0 Å². The van der Waals surface area contributed by atoms with Crippen LogP contribution in [-0.2, 0) is 0 Å². The van der Waals surface area contributed by atoms with Crippen LogP contribution in [0.4, 0.5) is 11.4 Å². The van der Waals surface area contributed by atoms with Crippen LogP contribution in [0.15, 0.2) is 22.7 Å². The van der Waals surface area contributed by atoms with Crippen LogP contribution in [0, 0.1) is 0 Å². The first-order chi connectivity index (χ1) is 8.83. The third kappa shape index (κ3) is 2.64. The molecule has 1 atom stereocenters. The maximum Gasteiger partial charge on any atom is 0.0603 e. The van der Waals surface area contributed by atoms with Gasteiger partial charge in [-0.05, 0) is 44.0 Å². The summed E-state index contributed by atoms with van der Waals surface area (Å²) < 4.78 is 1.15. The lowest BCUT2D eigenvalue weighted by molar-refractivity contribution is 0.550. The van der Waals surface area contributed by atoms with E-state index < -0.39 is 0 Å². The van der Waals surface area contributed by atoms with E-state index in [1.54, 1.807) is 0 Å². The minimum Gasteiger partial charge on any atom is -0.382 e. The third-order valence-corrected chi connectivity index (χ3v) is 4.40. The minimum absolute atomic E-state index is 0.735. The molecule has 4 heteroatoms. The predicted molar refractivity (Wildman–Crippen MR) is 80.5 cm³/mol. The first kappa shape index (κ1) is 12.3. The van der Waals surface area contributed by atoms with Gasteiger partial charge >= 0.3 is 0 Å². The van der Waals surface area contributed by atoms with Crippen LogP contribution >= 0.6 is 15.9 Å². The molecule has 0 saturated carbocycles. The van der Waals surface area contributed by atoms with Gasteiger partial charge in [-0.3, -0.25) is 0 Å². The number of fused-ring (bicyclic) bond motifs is 1. The zero-order valence-electron chi connectivity index (χ0n) is 10.6. The molecule has 1 aromatic rings. The number of nitrogens with zero attached hydrogens (tertiary/aromatic N) is 1. The van der Waals surface area contributed by atoms with Gasteiger partial charge in [0.25, 0.3) is 0 Å². The highest BCUT2D eigenvalue weighted by molar-refractivity contribution is 9.10.